The molecule has 0 bridgehead atoms. The zero-order chi connectivity index (χ0) is 23.4. The molecule has 1 heterocycles. The number of aryl methyl sites for hydroxylation is 1. The molecule has 7 heteroatoms. The van der Waals surface area contributed by atoms with Crippen LogP contribution in [-0.4, -0.2) is 17.1 Å². The lowest BCUT2D eigenvalue weighted by atomic mass is 10.1. The lowest BCUT2D eigenvalue weighted by molar-refractivity contribution is -0.117. The number of halogens is 1. The number of thioether (sulfide) groups is 1. The maximum atomic E-state index is 13.5. The van der Waals surface area contributed by atoms with Crippen molar-refractivity contribution >= 4 is 46.6 Å². The van der Waals surface area contributed by atoms with E-state index in [0.29, 0.717) is 27.8 Å². The molecule has 1 N–H and O–H groups in total. The van der Waals surface area contributed by atoms with Gasteiger partial charge in [-0.15, -0.1) is 0 Å². The third-order valence-electron chi connectivity index (χ3n) is 5.16. The molecular weight excluding hydrogens is 454 g/mol. The van der Waals surface area contributed by atoms with Crippen molar-refractivity contribution in [2.75, 3.05) is 10.2 Å². The molecular formula is C26H20ClN3O2S. The zero-order valence-electron chi connectivity index (χ0n) is 17.8. The summed E-state index contributed by atoms with van der Waals surface area (Å²) in [5.41, 5.74) is 3.08. The fourth-order valence-electron chi connectivity index (χ4n) is 3.47. The molecule has 1 aliphatic rings. The highest BCUT2D eigenvalue weighted by molar-refractivity contribution is 8.05. The smallest absolute Gasteiger partial charge is 0.269 e. The first-order valence-corrected chi connectivity index (χ1v) is 11.5. The van der Waals surface area contributed by atoms with E-state index in [1.165, 1.54) is 16.7 Å². The van der Waals surface area contributed by atoms with Gasteiger partial charge in [0, 0.05) is 16.4 Å². The predicted octanol–water partition coefficient (Wildman–Crippen LogP) is 5.71. The van der Waals surface area contributed by atoms with E-state index in [4.69, 9.17) is 11.6 Å². The molecule has 0 spiro atoms. The first-order valence-electron chi connectivity index (χ1n) is 10.3. The molecule has 2 amide bonds. The second-order valence-electron chi connectivity index (χ2n) is 7.56. The van der Waals surface area contributed by atoms with Crippen LogP contribution in [0.4, 0.5) is 11.4 Å². The van der Waals surface area contributed by atoms with E-state index >= 15 is 0 Å². The van der Waals surface area contributed by atoms with Crippen molar-refractivity contribution in [2.45, 2.75) is 18.6 Å². The van der Waals surface area contributed by atoms with E-state index in [9.17, 15) is 14.9 Å². The summed E-state index contributed by atoms with van der Waals surface area (Å²) in [6.45, 7) is 1.96. The largest absolute Gasteiger partial charge is 0.321 e. The summed E-state index contributed by atoms with van der Waals surface area (Å²) < 4.78 is 0. The number of anilines is 2. The van der Waals surface area contributed by atoms with Crippen LogP contribution in [0.2, 0.25) is 5.02 Å². The summed E-state index contributed by atoms with van der Waals surface area (Å²) in [6, 6.07) is 25.7. The van der Waals surface area contributed by atoms with Gasteiger partial charge in [-0.3, -0.25) is 14.5 Å². The lowest BCUT2D eigenvalue weighted by Gasteiger charge is -2.19. The van der Waals surface area contributed by atoms with E-state index < -0.39 is 11.2 Å². The van der Waals surface area contributed by atoms with E-state index in [1.54, 1.807) is 36.4 Å². The molecule has 1 fully saturated rings. The molecule has 0 aliphatic carbocycles. The van der Waals surface area contributed by atoms with E-state index in [-0.39, 0.29) is 11.5 Å². The second-order valence-corrected chi connectivity index (χ2v) is 9.19. The Morgan fingerprint density at radius 3 is 2.36 bits per heavy atom. The number of rotatable bonds is 5. The van der Waals surface area contributed by atoms with Gasteiger partial charge in [-0.1, -0.05) is 71.4 Å². The average Bonchev–Trinajstić information content (AvgIpc) is 3.12. The monoisotopic (exact) mass is 473 g/mol. The van der Waals surface area contributed by atoms with Crippen LogP contribution in [0.1, 0.15) is 11.1 Å². The van der Waals surface area contributed by atoms with Crippen molar-refractivity contribution in [3.8, 4) is 6.07 Å². The van der Waals surface area contributed by atoms with Crippen LogP contribution < -0.4 is 10.2 Å². The number of nitrogens with one attached hydrogen (secondary N) is 1. The Labute approximate surface area is 201 Å². The summed E-state index contributed by atoms with van der Waals surface area (Å²) in [6.07, 6.45) is 0.450. The van der Waals surface area contributed by atoms with E-state index in [0.717, 1.165) is 11.1 Å². The molecule has 1 saturated heterocycles. The SMILES string of the molecule is Cc1ccc(N2C(=O)[C@H](Cc3ccc(Cl)cc3)S/C2=C(\C#N)C(=O)Nc2ccccc2)cc1. The van der Waals surface area contributed by atoms with Gasteiger partial charge in [0.25, 0.3) is 5.91 Å². The number of benzene rings is 3. The van der Waals surface area contributed by atoms with Crippen LogP contribution in [0.25, 0.3) is 0 Å². The highest BCUT2D eigenvalue weighted by atomic mass is 35.5. The Hall–Kier alpha value is -3.53. The standard InChI is InChI=1S/C26H20ClN3O2S/c1-17-7-13-21(14-8-17)30-25(32)23(15-18-9-11-19(27)12-10-18)33-26(30)22(16-28)24(31)29-20-5-3-2-4-6-20/h2-14,23H,15H2,1H3,(H,29,31)/b26-22+/t23-/m0/s1. The molecule has 5 nitrogen and oxygen atoms in total. The van der Waals surface area contributed by atoms with Gasteiger partial charge in [0.05, 0.1) is 5.25 Å². The van der Waals surface area contributed by atoms with Crippen molar-refractivity contribution in [3.05, 3.63) is 106 Å². The zero-order valence-corrected chi connectivity index (χ0v) is 19.4. The van der Waals surface area contributed by atoms with Crippen molar-refractivity contribution in [2.24, 2.45) is 0 Å². The molecule has 1 aliphatic heterocycles. The molecule has 164 valence electrons. The van der Waals surface area contributed by atoms with Gasteiger partial charge >= 0.3 is 0 Å². The molecule has 0 aromatic heterocycles. The van der Waals surface area contributed by atoms with Crippen LogP contribution in [0.15, 0.2) is 89.5 Å². The molecule has 0 unspecified atom stereocenters. The Morgan fingerprint density at radius 2 is 1.73 bits per heavy atom. The van der Waals surface area contributed by atoms with Gasteiger partial charge in [0.2, 0.25) is 5.91 Å². The minimum atomic E-state index is -0.553. The molecule has 3 aromatic carbocycles. The number of hydrogen-bond donors (Lipinski definition) is 1. The number of para-hydroxylation sites is 1. The van der Waals surface area contributed by atoms with Crippen molar-refractivity contribution in [1.82, 2.24) is 0 Å². The molecule has 0 saturated carbocycles. The molecule has 0 radical (unpaired) electrons. The molecule has 4 rings (SSSR count). The summed E-state index contributed by atoms with van der Waals surface area (Å²) in [7, 11) is 0. The van der Waals surface area contributed by atoms with Gasteiger partial charge in [0.1, 0.15) is 16.7 Å². The second kappa shape index (κ2) is 9.95. The Kier molecular flexibility index (Phi) is 6.83. The van der Waals surface area contributed by atoms with Crippen molar-refractivity contribution in [1.29, 1.82) is 5.26 Å². The van der Waals surface area contributed by atoms with Crippen LogP contribution in [-0.2, 0) is 16.0 Å². The fourth-order valence-corrected chi connectivity index (χ4v) is 4.90. The summed E-state index contributed by atoms with van der Waals surface area (Å²) in [5, 5.41) is 13.1. The lowest BCUT2D eigenvalue weighted by Crippen LogP contribution is -2.30. The molecule has 3 aromatic rings. The Balaban J connectivity index is 1.72. The van der Waals surface area contributed by atoms with Crippen LogP contribution in [0.3, 0.4) is 0 Å². The third-order valence-corrected chi connectivity index (χ3v) is 6.68. The summed E-state index contributed by atoms with van der Waals surface area (Å²) in [4.78, 5) is 28.0. The minimum absolute atomic E-state index is 0.101. The minimum Gasteiger partial charge on any atom is -0.321 e. The van der Waals surface area contributed by atoms with Crippen molar-refractivity contribution < 1.29 is 9.59 Å². The van der Waals surface area contributed by atoms with Crippen LogP contribution in [0.5, 0.6) is 0 Å². The highest BCUT2D eigenvalue weighted by Gasteiger charge is 2.40. The number of hydrogen-bond acceptors (Lipinski definition) is 4. The summed E-state index contributed by atoms with van der Waals surface area (Å²) >= 11 is 7.23. The number of amides is 2. The van der Waals surface area contributed by atoms with Crippen LogP contribution in [0, 0.1) is 18.3 Å². The van der Waals surface area contributed by atoms with E-state index in [2.05, 4.69) is 5.32 Å². The van der Waals surface area contributed by atoms with Crippen molar-refractivity contribution in [3.63, 3.8) is 0 Å². The topological polar surface area (TPSA) is 73.2 Å². The van der Waals surface area contributed by atoms with Gasteiger partial charge in [-0.25, -0.2) is 0 Å². The number of carbonyl (C=O) groups excluding carboxylic acids is 2. The maximum absolute atomic E-state index is 13.5. The van der Waals surface area contributed by atoms with Gasteiger partial charge in [0.15, 0.2) is 0 Å². The van der Waals surface area contributed by atoms with Gasteiger partial charge in [-0.05, 0) is 55.3 Å². The molecule has 1 atom stereocenters. The first kappa shape index (κ1) is 22.7. The maximum Gasteiger partial charge on any atom is 0.269 e. The van der Waals surface area contributed by atoms with Crippen LogP contribution >= 0.6 is 23.4 Å². The fraction of sp³-hybridized carbons (Fsp3) is 0.115. The number of carbonyl (C=O) groups is 2. The first-order chi connectivity index (χ1) is 16.0. The third kappa shape index (κ3) is 5.11. The van der Waals surface area contributed by atoms with E-state index in [1.807, 2.05) is 55.5 Å². The van der Waals surface area contributed by atoms with Gasteiger partial charge in [-0.2, -0.15) is 5.26 Å². The molecule has 33 heavy (non-hydrogen) atoms. The van der Waals surface area contributed by atoms with Gasteiger partial charge < -0.3 is 5.32 Å². The Bertz CT molecular complexity index is 1250. The summed E-state index contributed by atoms with van der Waals surface area (Å²) in [5.74, 6) is -0.725. The predicted molar refractivity (Wildman–Crippen MR) is 133 cm³/mol. The normalized spacial score (nSPS) is 16.9. The average molecular weight is 474 g/mol. The highest BCUT2D eigenvalue weighted by Crippen LogP contribution is 2.42. The quantitative estimate of drug-likeness (QED) is 0.380. The number of nitriles is 1. The Morgan fingerprint density at radius 1 is 1.06 bits per heavy atom. The number of nitrogens with zero attached hydrogens (tertiary/aromatic N) is 2.